The van der Waals surface area contributed by atoms with E-state index in [2.05, 4.69) is 11.2 Å². The largest absolute Gasteiger partial charge is 0.588 e. The molecule has 0 fully saturated rings. The Kier molecular flexibility index (Phi) is 9.07. The molecule has 1 atom stereocenters. The van der Waals surface area contributed by atoms with Crippen LogP contribution in [0.25, 0.3) is 0 Å². The number of para-hydroxylation sites is 2. The van der Waals surface area contributed by atoms with Gasteiger partial charge in [0, 0.05) is 18.8 Å². The van der Waals surface area contributed by atoms with Gasteiger partial charge in [-0.3, -0.25) is 14.6 Å². The molecule has 0 bridgehead atoms. The number of benzene rings is 2. The summed E-state index contributed by atoms with van der Waals surface area (Å²) in [5, 5.41) is 14.7. The summed E-state index contributed by atoms with van der Waals surface area (Å²) in [5.41, 5.74) is -1.54. The van der Waals surface area contributed by atoms with Crippen LogP contribution in [-0.4, -0.2) is 29.7 Å². The summed E-state index contributed by atoms with van der Waals surface area (Å²) in [4.78, 5) is 11.3. The van der Waals surface area contributed by atoms with Crippen molar-refractivity contribution in [3.8, 4) is 23.8 Å². The number of nitrogens with zero attached hydrogens (tertiary/aromatic N) is 1. The van der Waals surface area contributed by atoms with Gasteiger partial charge in [0.15, 0.2) is 0 Å². The van der Waals surface area contributed by atoms with Gasteiger partial charge in [-0.15, -0.1) is 6.42 Å². The first-order valence-corrected chi connectivity index (χ1v) is 11.3. The lowest BCUT2D eigenvalue weighted by Crippen LogP contribution is -2.45. The highest BCUT2D eigenvalue weighted by Crippen LogP contribution is 2.52. The van der Waals surface area contributed by atoms with E-state index in [1.807, 2.05) is 0 Å². The number of nitrogens with one attached hydrogen (secondary N) is 1. The highest BCUT2D eigenvalue weighted by Gasteiger charge is 2.47. The lowest BCUT2D eigenvalue weighted by molar-refractivity contribution is -0.572. The Morgan fingerprint density at radius 1 is 1.10 bits per heavy atom. The monoisotopic (exact) mass is 446 g/mol. The topological polar surface area (TPSA) is 99.9 Å². The van der Waals surface area contributed by atoms with Crippen molar-refractivity contribution in [1.82, 2.24) is 5.32 Å². The van der Waals surface area contributed by atoms with Gasteiger partial charge >= 0.3 is 7.82 Å². The summed E-state index contributed by atoms with van der Waals surface area (Å²) in [7, 11) is -4.27. The molecule has 0 saturated heterocycles. The number of hydrogen-bond donors (Lipinski definition) is 1. The third-order valence-corrected chi connectivity index (χ3v) is 5.86. The first-order valence-electron chi connectivity index (χ1n) is 9.83. The lowest BCUT2D eigenvalue weighted by Gasteiger charge is -2.29. The Morgan fingerprint density at radius 3 is 2.06 bits per heavy atom. The molecule has 9 heteroatoms. The van der Waals surface area contributed by atoms with Crippen molar-refractivity contribution >= 4 is 7.82 Å². The number of rotatable bonds is 13. The summed E-state index contributed by atoms with van der Waals surface area (Å²) in [6.45, 7) is 3.75. The molecule has 0 aromatic heterocycles. The molecule has 1 N–H and O–H groups in total. The molecule has 0 unspecified atom stereocenters. The normalized spacial score (nSPS) is 12.5. The highest BCUT2D eigenvalue weighted by molar-refractivity contribution is 7.49. The fourth-order valence-corrected chi connectivity index (χ4v) is 4.22. The second-order valence-corrected chi connectivity index (χ2v) is 8.75. The third kappa shape index (κ3) is 7.72. The predicted molar refractivity (Wildman–Crippen MR) is 119 cm³/mol. The molecule has 0 spiro atoms. The predicted octanol–water partition coefficient (Wildman–Crippen LogP) is 4.70. The molecule has 0 aliphatic carbocycles. The smallest absolute Gasteiger partial charge is 0.395 e. The third-order valence-electron chi connectivity index (χ3n) is 4.48. The molecule has 31 heavy (non-hydrogen) atoms. The highest BCUT2D eigenvalue weighted by atomic mass is 31.2. The lowest BCUT2D eigenvalue weighted by atomic mass is 9.94. The van der Waals surface area contributed by atoms with Crippen LogP contribution < -0.4 is 14.4 Å². The summed E-state index contributed by atoms with van der Waals surface area (Å²) in [6.07, 6.45) is 4.92. The first kappa shape index (κ1) is 24.4. The van der Waals surface area contributed by atoms with Gasteiger partial charge in [0.25, 0.3) is 0 Å². The molecular weight excluding hydrogens is 419 g/mol. The maximum Gasteiger partial charge on any atom is 0.588 e. The van der Waals surface area contributed by atoms with E-state index in [0.717, 1.165) is 0 Å². The SMILES string of the molecule is C#CCNCCC[C@@H](OP(=O)(Oc1ccccc1)Oc1ccccc1)C(C)(C)[N+](=O)[O-]. The van der Waals surface area contributed by atoms with Crippen LogP contribution >= 0.6 is 7.82 Å². The van der Waals surface area contributed by atoms with E-state index in [9.17, 15) is 14.7 Å². The van der Waals surface area contributed by atoms with Gasteiger partial charge in [-0.2, -0.15) is 0 Å². The maximum absolute atomic E-state index is 13.6. The Morgan fingerprint density at radius 2 is 1.61 bits per heavy atom. The Hall–Kier alpha value is -2.85. The van der Waals surface area contributed by atoms with Crippen LogP contribution in [0.3, 0.4) is 0 Å². The first-order chi connectivity index (χ1) is 14.8. The average molecular weight is 446 g/mol. The van der Waals surface area contributed by atoms with Gasteiger partial charge in [-0.1, -0.05) is 42.3 Å². The number of hydrogen-bond acceptors (Lipinski definition) is 7. The molecule has 0 aliphatic rings. The van der Waals surface area contributed by atoms with Gasteiger partial charge in [0.1, 0.15) is 17.6 Å². The number of phosphoric ester groups is 1. The van der Waals surface area contributed by atoms with Crippen molar-refractivity contribution in [2.24, 2.45) is 0 Å². The molecule has 0 amide bonds. The Labute approximate surface area is 182 Å². The van der Waals surface area contributed by atoms with Crippen molar-refractivity contribution < 1.29 is 23.1 Å². The zero-order valence-electron chi connectivity index (χ0n) is 17.6. The van der Waals surface area contributed by atoms with Gasteiger partial charge in [-0.05, 0) is 43.7 Å². The van der Waals surface area contributed by atoms with Crippen molar-refractivity contribution in [1.29, 1.82) is 0 Å². The fraction of sp³-hybridized carbons (Fsp3) is 0.364. The molecule has 0 heterocycles. The van der Waals surface area contributed by atoms with Crippen LogP contribution in [-0.2, 0) is 9.09 Å². The van der Waals surface area contributed by atoms with E-state index in [1.165, 1.54) is 13.8 Å². The van der Waals surface area contributed by atoms with Crippen molar-refractivity contribution in [3.63, 3.8) is 0 Å². The van der Waals surface area contributed by atoms with E-state index in [4.69, 9.17) is 20.0 Å². The van der Waals surface area contributed by atoms with Crippen LogP contribution in [0.4, 0.5) is 0 Å². The van der Waals surface area contributed by atoms with E-state index in [-0.39, 0.29) is 17.9 Å². The number of phosphoric acid groups is 1. The van der Waals surface area contributed by atoms with E-state index >= 15 is 0 Å². The molecule has 166 valence electrons. The Bertz CT molecular complexity index is 869. The van der Waals surface area contributed by atoms with E-state index < -0.39 is 24.4 Å². The average Bonchev–Trinajstić information content (AvgIpc) is 2.74. The Balaban J connectivity index is 2.28. The van der Waals surface area contributed by atoms with Gasteiger partial charge in [0.05, 0.1) is 6.54 Å². The molecule has 2 aromatic carbocycles. The van der Waals surface area contributed by atoms with Crippen molar-refractivity contribution in [2.75, 3.05) is 13.1 Å². The minimum atomic E-state index is -4.27. The van der Waals surface area contributed by atoms with Crippen LogP contribution in [0, 0.1) is 22.5 Å². The molecular formula is C22H27N2O6P. The minimum absolute atomic E-state index is 0.242. The summed E-state index contributed by atoms with van der Waals surface area (Å²) in [6, 6.07) is 16.8. The zero-order chi connectivity index (χ0) is 22.7. The van der Waals surface area contributed by atoms with Crippen LogP contribution in [0.15, 0.2) is 60.7 Å². The maximum atomic E-state index is 13.6. The summed E-state index contributed by atoms with van der Waals surface area (Å²) in [5.74, 6) is 2.98. The molecule has 2 aromatic rings. The summed E-state index contributed by atoms with van der Waals surface area (Å²) >= 11 is 0. The van der Waals surface area contributed by atoms with E-state index in [1.54, 1.807) is 60.7 Å². The quantitative estimate of drug-likeness (QED) is 0.157. The summed E-state index contributed by atoms with van der Waals surface area (Å²) < 4.78 is 30.6. The van der Waals surface area contributed by atoms with Crippen LogP contribution in [0.5, 0.6) is 11.5 Å². The molecule has 0 saturated carbocycles. The van der Waals surface area contributed by atoms with Crippen LogP contribution in [0.2, 0.25) is 0 Å². The van der Waals surface area contributed by atoms with Gasteiger partial charge < -0.3 is 14.4 Å². The van der Waals surface area contributed by atoms with Gasteiger partial charge in [-0.25, -0.2) is 4.57 Å². The standard InChI is InChI=1S/C22H27N2O6P/c1-4-17-23-18-11-16-21(22(2,3)24(25)26)30-31(27,28-19-12-7-5-8-13-19)29-20-14-9-6-10-15-20/h1,5-10,12-15,21,23H,11,16-18H2,2-3H3/t21-/m1/s1. The minimum Gasteiger partial charge on any atom is -0.395 e. The zero-order valence-corrected chi connectivity index (χ0v) is 18.5. The molecule has 0 radical (unpaired) electrons. The molecule has 0 aliphatic heterocycles. The van der Waals surface area contributed by atoms with Crippen molar-refractivity contribution in [2.45, 2.75) is 38.3 Å². The fourth-order valence-electron chi connectivity index (χ4n) is 2.66. The van der Waals surface area contributed by atoms with Crippen LogP contribution in [0.1, 0.15) is 26.7 Å². The van der Waals surface area contributed by atoms with Gasteiger partial charge in [0.2, 0.25) is 5.54 Å². The van der Waals surface area contributed by atoms with E-state index in [0.29, 0.717) is 19.5 Å². The van der Waals surface area contributed by atoms with Crippen molar-refractivity contribution in [3.05, 3.63) is 70.8 Å². The second kappa shape index (κ2) is 11.5. The second-order valence-electron chi connectivity index (χ2n) is 7.28. The molecule has 2 rings (SSSR count). The number of terminal acetylenes is 1. The number of nitro groups is 1. The molecule has 8 nitrogen and oxygen atoms in total.